The topological polar surface area (TPSA) is 132 Å². The number of aliphatic hydroxyl groups is 2. The molecule has 3 atom stereocenters. The van der Waals surface area contributed by atoms with Gasteiger partial charge >= 0.3 is 13.8 Å². The standard InChI is InChI=1S/C44H73O9P/c1-3-5-7-9-11-13-15-17-19-20-21-22-23-24-26-28-30-32-34-36-44(47)53-43(41-52-54(48,49)51-39-42(46)38-45)40-50-37-35-33-31-29-27-25-18-16-14-12-10-8-6-4-2/h5-8,11-14,17-19,21-22,24-26,42-43,45-46H,3-4,9-10,15-16,20,23,27-41H2,1-2H3,(H,48,49)/b7-5-,8-6-,13-11-,14-12-,19-17-,22-21-,25-18-,26-24-. The molecule has 0 radical (unpaired) electrons. The first-order valence-corrected chi connectivity index (χ1v) is 21.7. The summed E-state index contributed by atoms with van der Waals surface area (Å²) in [6.45, 7) is 3.15. The molecular formula is C44H73O9P. The van der Waals surface area contributed by atoms with Gasteiger partial charge in [0.1, 0.15) is 12.2 Å². The highest BCUT2D eigenvalue weighted by molar-refractivity contribution is 7.47. The average molecular weight is 777 g/mol. The molecule has 0 aromatic heterocycles. The second kappa shape index (κ2) is 40.1. The summed E-state index contributed by atoms with van der Waals surface area (Å²) in [6.07, 6.45) is 49.4. The fourth-order valence-electron chi connectivity index (χ4n) is 4.75. The molecule has 0 heterocycles. The Balaban J connectivity index is 4.34. The molecule has 0 amide bonds. The molecule has 0 aliphatic rings. The predicted molar refractivity (Wildman–Crippen MR) is 223 cm³/mol. The number of phosphoric acid groups is 1. The minimum Gasteiger partial charge on any atom is -0.457 e. The van der Waals surface area contributed by atoms with E-state index in [1.165, 1.54) is 0 Å². The second-order valence-electron chi connectivity index (χ2n) is 12.9. The van der Waals surface area contributed by atoms with Crippen LogP contribution in [0.1, 0.15) is 129 Å². The lowest BCUT2D eigenvalue weighted by Crippen LogP contribution is -2.29. The fourth-order valence-corrected chi connectivity index (χ4v) is 5.54. The van der Waals surface area contributed by atoms with Gasteiger partial charge in [0.05, 0.1) is 26.4 Å². The van der Waals surface area contributed by atoms with E-state index in [9.17, 15) is 19.4 Å². The number of ether oxygens (including phenoxy) is 2. The molecule has 0 saturated heterocycles. The third-order valence-corrected chi connectivity index (χ3v) is 8.72. The Morgan fingerprint density at radius 2 is 1.00 bits per heavy atom. The Kier molecular flexibility index (Phi) is 38.1. The molecule has 54 heavy (non-hydrogen) atoms. The number of hydrogen-bond acceptors (Lipinski definition) is 8. The van der Waals surface area contributed by atoms with Crippen molar-refractivity contribution in [2.75, 3.05) is 33.0 Å². The molecule has 0 spiro atoms. The predicted octanol–water partition coefficient (Wildman–Crippen LogP) is 10.9. The molecule has 0 saturated carbocycles. The molecular weight excluding hydrogens is 703 g/mol. The zero-order chi connectivity index (χ0) is 39.6. The lowest BCUT2D eigenvalue weighted by atomic mass is 10.1. The van der Waals surface area contributed by atoms with Gasteiger partial charge in [0.25, 0.3) is 0 Å². The number of esters is 1. The van der Waals surface area contributed by atoms with Crippen LogP contribution in [0.2, 0.25) is 0 Å². The van der Waals surface area contributed by atoms with Gasteiger partial charge in [-0.25, -0.2) is 4.57 Å². The summed E-state index contributed by atoms with van der Waals surface area (Å²) >= 11 is 0. The first kappa shape index (κ1) is 51.4. The summed E-state index contributed by atoms with van der Waals surface area (Å²) < 4.78 is 33.2. The molecule has 0 fully saturated rings. The normalized spacial score (nSPS) is 15.1. The molecule has 0 rings (SSSR count). The SMILES string of the molecule is CC/C=C\C/C=C\C/C=C\C/C=C\C/C=C\CCCCCC(=O)OC(COCCCCCC/C=C\C/C=C\C/C=C\CC)COP(=O)(O)OCC(O)CO. The maximum atomic E-state index is 12.6. The highest BCUT2D eigenvalue weighted by Gasteiger charge is 2.26. The quantitative estimate of drug-likeness (QED) is 0.0244. The summed E-state index contributed by atoms with van der Waals surface area (Å²) in [4.78, 5) is 22.5. The van der Waals surface area contributed by atoms with Crippen LogP contribution < -0.4 is 0 Å². The van der Waals surface area contributed by atoms with Crippen LogP contribution in [0, 0.1) is 0 Å². The van der Waals surface area contributed by atoms with Gasteiger partial charge in [0.15, 0.2) is 0 Å². The van der Waals surface area contributed by atoms with E-state index in [2.05, 4.69) is 111 Å². The van der Waals surface area contributed by atoms with Gasteiger partial charge in [-0.2, -0.15) is 0 Å². The molecule has 308 valence electrons. The van der Waals surface area contributed by atoms with Crippen molar-refractivity contribution in [1.82, 2.24) is 0 Å². The Morgan fingerprint density at radius 1 is 0.574 bits per heavy atom. The highest BCUT2D eigenvalue weighted by Crippen LogP contribution is 2.43. The molecule has 3 unspecified atom stereocenters. The van der Waals surface area contributed by atoms with Crippen LogP contribution in [0.4, 0.5) is 0 Å². The molecule has 0 aliphatic heterocycles. The number of rotatable bonds is 37. The third kappa shape index (κ3) is 39.1. The summed E-state index contributed by atoms with van der Waals surface area (Å²) in [7, 11) is -4.54. The van der Waals surface area contributed by atoms with Gasteiger partial charge in [-0.15, -0.1) is 0 Å². The second-order valence-corrected chi connectivity index (χ2v) is 14.3. The van der Waals surface area contributed by atoms with Crippen LogP contribution >= 0.6 is 7.82 Å². The number of phosphoric ester groups is 1. The van der Waals surface area contributed by atoms with E-state index in [1.54, 1.807) is 0 Å². The Hall–Kier alpha value is -2.62. The number of carbonyl (C=O) groups excluding carboxylic acids is 1. The lowest BCUT2D eigenvalue weighted by Gasteiger charge is -2.20. The van der Waals surface area contributed by atoms with E-state index < -0.39 is 45.8 Å². The van der Waals surface area contributed by atoms with Crippen molar-refractivity contribution in [3.63, 3.8) is 0 Å². The van der Waals surface area contributed by atoms with Gasteiger partial charge in [-0.3, -0.25) is 13.8 Å². The minimum absolute atomic E-state index is 0.0135. The molecule has 3 N–H and O–H groups in total. The first-order valence-electron chi connectivity index (χ1n) is 20.2. The molecule has 0 aromatic carbocycles. The van der Waals surface area contributed by atoms with Crippen LogP contribution in [0.5, 0.6) is 0 Å². The maximum Gasteiger partial charge on any atom is 0.472 e. The molecule has 10 heteroatoms. The van der Waals surface area contributed by atoms with Gasteiger partial charge < -0.3 is 24.6 Å². The van der Waals surface area contributed by atoms with Crippen molar-refractivity contribution >= 4 is 13.8 Å². The lowest BCUT2D eigenvalue weighted by molar-refractivity contribution is -0.154. The van der Waals surface area contributed by atoms with Crippen LogP contribution in [0.3, 0.4) is 0 Å². The molecule has 0 bridgehead atoms. The summed E-state index contributed by atoms with van der Waals surface area (Å²) in [5, 5.41) is 18.3. The van der Waals surface area contributed by atoms with Gasteiger partial charge in [0.2, 0.25) is 0 Å². The number of aliphatic hydroxyl groups excluding tert-OH is 2. The van der Waals surface area contributed by atoms with E-state index in [0.717, 1.165) is 103 Å². The fraction of sp³-hybridized carbons (Fsp3) is 0.614. The summed E-state index contributed by atoms with van der Waals surface area (Å²) in [6, 6.07) is 0. The van der Waals surface area contributed by atoms with Crippen molar-refractivity contribution in [1.29, 1.82) is 0 Å². The summed E-state index contributed by atoms with van der Waals surface area (Å²) in [5.41, 5.74) is 0. The zero-order valence-corrected chi connectivity index (χ0v) is 34.3. The zero-order valence-electron chi connectivity index (χ0n) is 33.4. The average Bonchev–Trinajstić information content (AvgIpc) is 3.16. The van der Waals surface area contributed by atoms with E-state index in [-0.39, 0.29) is 13.0 Å². The Morgan fingerprint density at radius 3 is 1.48 bits per heavy atom. The molecule has 0 aliphatic carbocycles. The number of hydrogen-bond donors (Lipinski definition) is 3. The van der Waals surface area contributed by atoms with E-state index in [0.29, 0.717) is 13.0 Å². The smallest absolute Gasteiger partial charge is 0.457 e. The molecule has 0 aromatic rings. The number of allylic oxidation sites excluding steroid dienone is 16. The third-order valence-electron chi connectivity index (χ3n) is 7.77. The molecule has 9 nitrogen and oxygen atoms in total. The van der Waals surface area contributed by atoms with Crippen molar-refractivity contribution in [2.45, 2.75) is 142 Å². The Bertz CT molecular complexity index is 1150. The van der Waals surface area contributed by atoms with Crippen molar-refractivity contribution in [2.24, 2.45) is 0 Å². The highest BCUT2D eigenvalue weighted by atomic mass is 31.2. The van der Waals surface area contributed by atoms with E-state index >= 15 is 0 Å². The van der Waals surface area contributed by atoms with Crippen molar-refractivity contribution in [3.8, 4) is 0 Å². The number of carbonyl (C=O) groups is 1. The van der Waals surface area contributed by atoms with Crippen LogP contribution in [-0.4, -0.2) is 66.3 Å². The van der Waals surface area contributed by atoms with Crippen LogP contribution in [0.25, 0.3) is 0 Å². The van der Waals surface area contributed by atoms with Crippen LogP contribution in [-0.2, 0) is 27.9 Å². The van der Waals surface area contributed by atoms with Crippen molar-refractivity contribution < 1.29 is 43.0 Å². The van der Waals surface area contributed by atoms with E-state index in [4.69, 9.17) is 23.6 Å². The maximum absolute atomic E-state index is 12.6. The van der Waals surface area contributed by atoms with E-state index in [1.807, 2.05) is 0 Å². The minimum atomic E-state index is -4.54. The largest absolute Gasteiger partial charge is 0.472 e. The first-order chi connectivity index (χ1) is 26.3. The van der Waals surface area contributed by atoms with Gasteiger partial charge in [0, 0.05) is 13.0 Å². The van der Waals surface area contributed by atoms with Crippen molar-refractivity contribution in [3.05, 3.63) is 97.2 Å². The van der Waals surface area contributed by atoms with Gasteiger partial charge in [-0.1, -0.05) is 130 Å². The van der Waals surface area contributed by atoms with Gasteiger partial charge in [-0.05, 0) is 89.9 Å². The number of unbranched alkanes of at least 4 members (excludes halogenated alkanes) is 7. The monoisotopic (exact) mass is 776 g/mol. The summed E-state index contributed by atoms with van der Waals surface area (Å²) in [5.74, 6) is -0.427. The van der Waals surface area contributed by atoms with Crippen LogP contribution in [0.15, 0.2) is 97.2 Å². The Labute approximate surface area is 327 Å².